The van der Waals surface area contributed by atoms with Gasteiger partial charge in [0.1, 0.15) is 0 Å². The fourth-order valence-corrected chi connectivity index (χ4v) is 5.22. The average molecular weight is 490 g/mol. The number of ether oxygens (including phenoxy) is 3. The Hall–Kier alpha value is -3.54. The van der Waals surface area contributed by atoms with E-state index in [4.69, 9.17) is 14.2 Å². The number of hydrogen-bond acceptors (Lipinski definition) is 6. The van der Waals surface area contributed by atoms with Gasteiger partial charge in [-0.1, -0.05) is 49.2 Å². The van der Waals surface area contributed by atoms with Gasteiger partial charge < -0.3 is 19.5 Å². The van der Waals surface area contributed by atoms with Gasteiger partial charge in [-0.15, -0.1) is 0 Å². The highest BCUT2D eigenvalue weighted by Crippen LogP contribution is 2.46. The minimum absolute atomic E-state index is 0.00688. The molecule has 2 unspecified atom stereocenters. The van der Waals surface area contributed by atoms with E-state index >= 15 is 0 Å². The predicted octanol–water partition coefficient (Wildman–Crippen LogP) is 5.72. The molecule has 1 N–H and O–H groups in total. The number of aryl methyl sites for hydroxylation is 1. The lowest BCUT2D eigenvalue weighted by Gasteiger charge is -2.37. The zero-order chi connectivity index (χ0) is 25.8. The minimum atomic E-state index is -0.450. The average Bonchev–Trinajstić information content (AvgIpc) is 2.87. The number of unbranched alkanes of at least 4 members (excludes halogenated alkanes) is 1. The maximum atomic E-state index is 13.8. The highest BCUT2D eigenvalue weighted by atomic mass is 16.5. The van der Waals surface area contributed by atoms with E-state index in [0.29, 0.717) is 42.1 Å². The standard InChI is InChI=1S/C30H35NO5/c1-6-7-13-36-30(33)27-19(3)31-23-15-22(20-11-12-25(34-4)26(17-20)35-5)16-24(32)29(23)28(27)21-10-8-9-18(2)14-21/h8-12,14,17,22,28,31H,6-7,13,15-16H2,1-5H3. The number of Topliss-reactive ketones (excluding diaryl/α,β-unsaturated/α-hetero) is 1. The normalized spacial score (nSPS) is 19.5. The van der Waals surface area contributed by atoms with Crippen molar-refractivity contribution in [2.24, 2.45) is 0 Å². The van der Waals surface area contributed by atoms with Crippen LogP contribution < -0.4 is 14.8 Å². The second-order valence-electron chi connectivity index (χ2n) is 9.54. The van der Waals surface area contributed by atoms with Gasteiger partial charge in [0.2, 0.25) is 0 Å². The topological polar surface area (TPSA) is 73.9 Å². The van der Waals surface area contributed by atoms with Crippen molar-refractivity contribution in [2.45, 2.75) is 58.3 Å². The molecule has 36 heavy (non-hydrogen) atoms. The van der Waals surface area contributed by atoms with E-state index in [0.717, 1.165) is 40.9 Å². The van der Waals surface area contributed by atoms with E-state index in [2.05, 4.69) is 18.3 Å². The molecule has 0 fully saturated rings. The van der Waals surface area contributed by atoms with E-state index in [1.807, 2.05) is 50.2 Å². The van der Waals surface area contributed by atoms with Crippen molar-refractivity contribution < 1.29 is 23.8 Å². The number of rotatable bonds is 8. The van der Waals surface area contributed by atoms with Gasteiger partial charge >= 0.3 is 5.97 Å². The van der Waals surface area contributed by atoms with Crippen LogP contribution in [-0.4, -0.2) is 32.6 Å². The number of carbonyl (C=O) groups excluding carboxylic acids is 2. The highest BCUT2D eigenvalue weighted by Gasteiger charge is 2.41. The van der Waals surface area contributed by atoms with Crippen LogP contribution in [-0.2, 0) is 14.3 Å². The number of ketones is 1. The van der Waals surface area contributed by atoms with Crippen LogP contribution in [0, 0.1) is 6.92 Å². The van der Waals surface area contributed by atoms with Crippen LogP contribution in [0.4, 0.5) is 0 Å². The van der Waals surface area contributed by atoms with Gasteiger partial charge in [0.05, 0.1) is 26.4 Å². The van der Waals surface area contributed by atoms with Crippen LogP contribution in [0.3, 0.4) is 0 Å². The minimum Gasteiger partial charge on any atom is -0.493 e. The summed E-state index contributed by atoms with van der Waals surface area (Å²) in [6.45, 7) is 6.34. The Bertz CT molecular complexity index is 1230. The molecule has 0 amide bonds. The van der Waals surface area contributed by atoms with Crippen LogP contribution in [0.25, 0.3) is 0 Å². The Labute approximate surface area is 213 Å². The number of allylic oxidation sites excluding steroid dienone is 3. The van der Waals surface area contributed by atoms with Crippen molar-refractivity contribution in [3.63, 3.8) is 0 Å². The van der Waals surface area contributed by atoms with Crippen molar-refractivity contribution in [3.05, 3.63) is 81.7 Å². The molecular weight excluding hydrogens is 454 g/mol. The first-order valence-corrected chi connectivity index (χ1v) is 12.6. The molecule has 6 nitrogen and oxygen atoms in total. The zero-order valence-electron chi connectivity index (χ0n) is 21.8. The van der Waals surface area contributed by atoms with E-state index < -0.39 is 5.92 Å². The van der Waals surface area contributed by atoms with Gasteiger partial charge in [-0.3, -0.25) is 4.79 Å². The molecule has 4 rings (SSSR count). The molecule has 0 radical (unpaired) electrons. The number of hydrogen-bond donors (Lipinski definition) is 1. The molecule has 0 saturated heterocycles. The summed E-state index contributed by atoms with van der Waals surface area (Å²) in [6, 6.07) is 13.9. The molecule has 0 spiro atoms. The van der Waals surface area contributed by atoms with Gasteiger partial charge in [-0.05, 0) is 55.9 Å². The van der Waals surface area contributed by atoms with Gasteiger partial charge in [0.25, 0.3) is 0 Å². The second-order valence-corrected chi connectivity index (χ2v) is 9.54. The van der Waals surface area contributed by atoms with Crippen molar-refractivity contribution >= 4 is 11.8 Å². The van der Waals surface area contributed by atoms with Gasteiger partial charge in [-0.25, -0.2) is 4.79 Å². The third-order valence-corrected chi connectivity index (χ3v) is 7.03. The molecule has 2 atom stereocenters. The Kier molecular flexibility index (Phi) is 7.82. The predicted molar refractivity (Wildman–Crippen MR) is 139 cm³/mol. The van der Waals surface area contributed by atoms with Gasteiger partial charge in [0.15, 0.2) is 17.3 Å². The lowest BCUT2D eigenvalue weighted by atomic mass is 9.71. The monoisotopic (exact) mass is 489 g/mol. The van der Waals surface area contributed by atoms with Crippen LogP contribution in [0.5, 0.6) is 11.5 Å². The Balaban J connectivity index is 1.74. The number of methoxy groups -OCH3 is 2. The summed E-state index contributed by atoms with van der Waals surface area (Å²) in [4.78, 5) is 27.0. The Morgan fingerprint density at radius 3 is 2.47 bits per heavy atom. The number of esters is 1. The summed E-state index contributed by atoms with van der Waals surface area (Å²) < 4.78 is 16.5. The first-order chi connectivity index (χ1) is 17.4. The molecule has 0 bridgehead atoms. The third-order valence-electron chi connectivity index (χ3n) is 7.03. The lowest BCUT2D eigenvalue weighted by molar-refractivity contribution is -0.139. The molecule has 2 aliphatic rings. The summed E-state index contributed by atoms with van der Waals surface area (Å²) in [6.07, 6.45) is 2.76. The van der Waals surface area contributed by atoms with Crippen molar-refractivity contribution in [1.29, 1.82) is 0 Å². The summed E-state index contributed by atoms with van der Waals surface area (Å²) in [7, 11) is 3.22. The molecule has 1 aliphatic carbocycles. The Morgan fingerprint density at radius 2 is 1.78 bits per heavy atom. The molecule has 2 aromatic rings. The SMILES string of the molecule is CCCCOC(=O)C1=C(C)NC2=C(C(=O)CC(c3ccc(OC)c(OC)c3)C2)C1c1cccc(C)c1. The van der Waals surface area contributed by atoms with Gasteiger partial charge in [0, 0.05) is 29.3 Å². The van der Waals surface area contributed by atoms with Crippen molar-refractivity contribution in [2.75, 3.05) is 20.8 Å². The molecule has 1 aliphatic heterocycles. The third kappa shape index (κ3) is 5.03. The first-order valence-electron chi connectivity index (χ1n) is 12.6. The first kappa shape index (κ1) is 25.5. The van der Waals surface area contributed by atoms with E-state index in [1.165, 1.54) is 0 Å². The highest BCUT2D eigenvalue weighted by molar-refractivity contribution is 6.04. The molecule has 0 aromatic heterocycles. The molecule has 190 valence electrons. The molecule has 1 heterocycles. The largest absolute Gasteiger partial charge is 0.493 e. The second kappa shape index (κ2) is 11.0. The molecule has 6 heteroatoms. The molecular formula is C30H35NO5. The molecule has 2 aromatic carbocycles. The van der Waals surface area contributed by atoms with Crippen LogP contribution in [0.15, 0.2) is 65.0 Å². The number of nitrogens with one attached hydrogen (secondary N) is 1. The fraction of sp³-hybridized carbons (Fsp3) is 0.400. The lowest BCUT2D eigenvalue weighted by Crippen LogP contribution is -2.36. The maximum absolute atomic E-state index is 13.8. The number of carbonyl (C=O) groups is 2. The van der Waals surface area contributed by atoms with Gasteiger partial charge in [-0.2, -0.15) is 0 Å². The van der Waals surface area contributed by atoms with Crippen LogP contribution in [0.2, 0.25) is 0 Å². The van der Waals surface area contributed by atoms with Crippen LogP contribution in [0.1, 0.15) is 68.1 Å². The van der Waals surface area contributed by atoms with E-state index in [9.17, 15) is 9.59 Å². The van der Waals surface area contributed by atoms with Crippen molar-refractivity contribution in [3.8, 4) is 11.5 Å². The smallest absolute Gasteiger partial charge is 0.336 e. The zero-order valence-corrected chi connectivity index (χ0v) is 21.8. The van der Waals surface area contributed by atoms with Crippen molar-refractivity contribution in [1.82, 2.24) is 5.32 Å². The summed E-state index contributed by atoms with van der Waals surface area (Å²) >= 11 is 0. The summed E-state index contributed by atoms with van der Waals surface area (Å²) in [5, 5.41) is 3.42. The molecule has 0 saturated carbocycles. The number of dihydropyridines is 1. The van der Waals surface area contributed by atoms with E-state index in [1.54, 1.807) is 14.2 Å². The maximum Gasteiger partial charge on any atom is 0.336 e. The summed E-state index contributed by atoms with van der Waals surface area (Å²) in [5.41, 5.74) is 5.84. The Morgan fingerprint density at radius 1 is 1.00 bits per heavy atom. The number of benzene rings is 2. The van der Waals surface area contributed by atoms with E-state index in [-0.39, 0.29) is 17.7 Å². The fourth-order valence-electron chi connectivity index (χ4n) is 5.22. The summed E-state index contributed by atoms with van der Waals surface area (Å²) in [5.74, 6) is 0.526. The quantitative estimate of drug-likeness (QED) is 0.378. The van der Waals surface area contributed by atoms with Crippen LogP contribution >= 0.6 is 0 Å².